The van der Waals surface area contributed by atoms with E-state index in [1.165, 1.54) is 18.3 Å². The van der Waals surface area contributed by atoms with Gasteiger partial charge < -0.3 is 14.1 Å². The molecule has 0 N–H and O–H groups in total. The molecule has 0 aliphatic rings. The van der Waals surface area contributed by atoms with E-state index in [-0.39, 0.29) is 17.3 Å². The summed E-state index contributed by atoms with van der Waals surface area (Å²) in [5.74, 6) is -1.04. The summed E-state index contributed by atoms with van der Waals surface area (Å²) in [6.45, 7) is 6.81. The Kier molecular flexibility index (Phi) is 8.00. The molecule has 2 heterocycles. The van der Waals surface area contributed by atoms with Gasteiger partial charge >= 0.3 is 5.97 Å². The Morgan fingerprint density at radius 1 is 0.900 bits per heavy atom. The molecule has 5 rings (SSSR count). The van der Waals surface area contributed by atoms with Gasteiger partial charge in [0.05, 0.1) is 11.5 Å². The lowest BCUT2D eigenvalue weighted by Crippen LogP contribution is -2.18. The molecule has 0 spiro atoms. The molecule has 0 saturated carbocycles. The summed E-state index contributed by atoms with van der Waals surface area (Å²) >= 11 is 1.40. The number of carbonyl (C=O) groups is 3. The van der Waals surface area contributed by atoms with Crippen molar-refractivity contribution in [1.29, 1.82) is 0 Å². The number of nitrogens with zero attached hydrogens (tertiary/aromatic N) is 2. The van der Waals surface area contributed by atoms with E-state index >= 15 is 0 Å². The molecule has 0 unspecified atom stereocenters. The third-order valence-electron chi connectivity index (χ3n) is 6.68. The molecule has 2 aromatic heterocycles. The maximum absolute atomic E-state index is 13.8. The number of oxime groups is 1. The van der Waals surface area contributed by atoms with Crippen LogP contribution < -0.4 is 0 Å². The van der Waals surface area contributed by atoms with Crippen LogP contribution in [0.15, 0.2) is 83.3 Å². The van der Waals surface area contributed by atoms with E-state index in [4.69, 9.17) is 9.57 Å². The van der Waals surface area contributed by atoms with Gasteiger partial charge in [-0.15, -0.1) is 11.3 Å². The zero-order valence-corrected chi connectivity index (χ0v) is 23.3. The molecule has 0 fully saturated rings. The number of benzene rings is 3. The monoisotopic (exact) mass is 552 g/mol. The van der Waals surface area contributed by atoms with Crippen molar-refractivity contribution in [2.45, 2.75) is 27.3 Å². The first-order valence-electron chi connectivity index (χ1n) is 13.0. The van der Waals surface area contributed by atoms with Crippen LogP contribution in [0, 0.1) is 6.92 Å². The zero-order valence-electron chi connectivity index (χ0n) is 22.5. The van der Waals surface area contributed by atoms with Crippen molar-refractivity contribution in [2.24, 2.45) is 5.16 Å². The van der Waals surface area contributed by atoms with E-state index in [0.717, 1.165) is 27.4 Å². The third kappa shape index (κ3) is 5.36. The molecule has 0 aliphatic carbocycles. The van der Waals surface area contributed by atoms with Gasteiger partial charge in [0, 0.05) is 58.6 Å². The number of carbonyl (C=O) groups excluding carboxylic acids is 3. The van der Waals surface area contributed by atoms with Crippen LogP contribution in [-0.4, -0.2) is 41.0 Å². The molecule has 5 aromatic rings. The van der Waals surface area contributed by atoms with Crippen LogP contribution >= 0.6 is 11.3 Å². The Morgan fingerprint density at radius 3 is 2.25 bits per heavy atom. The lowest BCUT2D eigenvalue weighted by molar-refractivity contribution is -0.140. The van der Waals surface area contributed by atoms with Crippen molar-refractivity contribution in [2.75, 3.05) is 13.2 Å². The minimum absolute atomic E-state index is 0.0429. The highest BCUT2D eigenvalue weighted by atomic mass is 32.1. The number of ether oxygens (including phenoxy) is 1. The Bertz CT molecular complexity index is 1770. The van der Waals surface area contributed by atoms with Crippen molar-refractivity contribution in [3.05, 3.63) is 105 Å². The van der Waals surface area contributed by atoms with Gasteiger partial charge in [0.1, 0.15) is 0 Å². The largest absolute Gasteiger partial charge is 0.380 e. The maximum atomic E-state index is 13.8. The summed E-state index contributed by atoms with van der Waals surface area (Å²) < 4.78 is 7.77. The summed E-state index contributed by atoms with van der Waals surface area (Å²) in [6.07, 6.45) is 0. The third-order valence-corrected chi connectivity index (χ3v) is 7.55. The number of ketones is 2. The topological polar surface area (TPSA) is 87.0 Å². The molecule has 0 atom stereocenters. The van der Waals surface area contributed by atoms with E-state index in [0.29, 0.717) is 41.3 Å². The maximum Gasteiger partial charge on any atom is 0.332 e. The summed E-state index contributed by atoms with van der Waals surface area (Å²) in [5.41, 5.74) is 4.27. The summed E-state index contributed by atoms with van der Waals surface area (Å²) in [6, 6.07) is 22.1. The highest BCUT2D eigenvalue weighted by molar-refractivity contribution is 7.12. The van der Waals surface area contributed by atoms with Crippen molar-refractivity contribution < 1.29 is 24.0 Å². The first-order chi connectivity index (χ1) is 19.4. The molecule has 3 aromatic carbocycles. The van der Waals surface area contributed by atoms with Gasteiger partial charge in [0.25, 0.3) is 0 Å². The smallest absolute Gasteiger partial charge is 0.332 e. The number of aryl methyl sites for hydroxylation is 1. The van der Waals surface area contributed by atoms with E-state index in [2.05, 4.69) is 9.72 Å². The first-order valence-corrected chi connectivity index (χ1v) is 13.8. The average molecular weight is 553 g/mol. The van der Waals surface area contributed by atoms with Gasteiger partial charge in [0.2, 0.25) is 11.6 Å². The van der Waals surface area contributed by atoms with Crippen molar-refractivity contribution in [1.82, 2.24) is 4.57 Å². The molecule has 0 saturated heterocycles. The minimum atomic E-state index is -0.616. The molecule has 0 aliphatic heterocycles. The number of Topliss-reactive ketones (excluding diaryl/α,β-unsaturated/α-hetero) is 1. The van der Waals surface area contributed by atoms with Gasteiger partial charge in [-0.2, -0.15) is 0 Å². The fourth-order valence-corrected chi connectivity index (χ4v) is 5.46. The number of rotatable bonds is 10. The second kappa shape index (κ2) is 11.8. The van der Waals surface area contributed by atoms with Crippen molar-refractivity contribution >= 4 is 56.4 Å². The average Bonchev–Trinajstić information content (AvgIpc) is 3.60. The predicted molar refractivity (Wildman–Crippen MR) is 158 cm³/mol. The van der Waals surface area contributed by atoms with Crippen molar-refractivity contribution in [3.63, 3.8) is 0 Å². The molecular weight excluding hydrogens is 524 g/mol. The fraction of sp³-hybridized carbons (Fsp3) is 0.188. The summed E-state index contributed by atoms with van der Waals surface area (Å²) in [5, 5.41) is 7.52. The predicted octanol–water partition coefficient (Wildman–Crippen LogP) is 6.58. The van der Waals surface area contributed by atoms with Gasteiger partial charge in [-0.25, -0.2) is 4.79 Å². The van der Waals surface area contributed by atoms with Crippen LogP contribution in [0.4, 0.5) is 0 Å². The number of fused-ring (bicyclic) bond motifs is 3. The minimum Gasteiger partial charge on any atom is -0.380 e. The Labute approximate surface area is 235 Å². The lowest BCUT2D eigenvalue weighted by atomic mass is 9.96. The van der Waals surface area contributed by atoms with Crippen LogP contribution in [0.3, 0.4) is 0 Å². The number of aromatic nitrogens is 1. The molecule has 40 heavy (non-hydrogen) atoms. The molecule has 202 valence electrons. The van der Waals surface area contributed by atoms with Gasteiger partial charge in [-0.1, -0.05) is 35.5 Å². The molecule has 0 amide bonds. The highest BCUT2D eigenvalue weighted by Gasteiger charge is 2.22. The van der Waals surface area contributed by atoms with Crippen LogP contribution in [-0.2, 0) is 20.9 Å². The Hall–Kier alpha value is -4.40. The summed E-state index contributed by atoms with van der Waals surface area (Å²) in [7, 11) is 0. The number of hydrogen-bond acceptors (Lipinski definition) is 7. The van der Waals surface area contributed by atoms with E-state index in [1.807, 2.05) is 73.8 Å². The lowest BCUT2D eigenvalue weighted by Gasteiger charge is -2.10. The van der Waals surface area contributed by atoms with Crippen LogP contribution in [0.1, 0.15) is 50.6 Å². The van der Waals surface area contributed by atoms with Crippen LogP contribution in [0.25, 0.3) is 21.8 Å². The van der Waals surface area contributed by atoms with Crippen molar-refractivity contribution in [3.8, 4) is 0 Å². The summed E-state index contributed by atoms with van der Waals surface area (Å²) in [4.78, 5) is 44.1. The SMILES string of the molecule is CCOCCn1c2ccc(C(=O)C(=NOC(C)=O)c3ccccc3C)cc2c2cc(C(=O)c3cccs3)ccc21. The fourth-order valence-electron chi connectivity index (χ4n) is 4.78. The second-order valence-corrected chi connectivity index (χ2v) is 10.2. The van der Waals surface area contributed by atoms with Crippen LogP contribution in [0.2, 0.25) is 0 Å². The normalized spacial score (nSPS) is 11.7. The molecule has 0 bridgehead atoms. The standard InChI is InChI=1S/C32H28N2O5S/c1-4-38-16-15-34-27-13-11-22(31(36)29-10-7-17-40-29)18-25(27)26-19-23(12-14-28(26)34)32(37)30(33-39-21(3)35)24-9-6-5-8-20(24)2/h5-14,17-19H,4,15-16H2,1-3H3. The van der Waals surface area contributed by atoms with E-state index in [1.54, 1.807) is 18.2 Å². The Balaban J connectivity index is 1.66. The first kappa shape index (κ1) is 27.2. The Morgan fingerprint density at radius 2 is 1.60 bits per heavy atom. The zero-order chi connectivity index (χ0) is 28.2. The van der Waals surface area contributed by atoms with Gasteiger partial charge in [-0.05, 0) is 67.3 Å². The van der Waals surface area contributed by atoms with Gasteiger partial charge in [0.15, 0.2) is 5.71 Å². The van der Waals surface area contributed by atoms with Gasteiger partial charge in [-0.3, -0.25) is 9.59 Å². The van der Waals surface area contributed by atoms with Crippen LogP contribution in [0.5, 0.6) is 0 Å². The van der Waals surface area contributed by atoms with E-state index in [9.17, 15) is 14.4 Å². The highest BCUT2D eigenvalue weighted by Crippen LogP contribution is 2.32. The number of thiophene rings is 1. The number of hydrogen-bond donors (Lipinski definition) is 0. The molecule has 8 heteroatoms. The molecule has 0 radical (unpaired) electrons. The quantitative estimate of drug-likeness (QED) is 0.0642. The second-order valence-electron chi connectivity index (χ2n) is 9.29. The molecule has 7 nitrogen and oxygen atoms in total. The van der Waals surface area contributed by atoms with E-state index < -0.39 is 5.97 Å². The molecular formula is C32H28N2O5S.